The summed E-state index contributed by atoms with van der Waals surface area (Å²) in [5.74, 6) is 6.34. The number of nitrogens with zero attached hydrogens (tertiary/aromatic N) is 4. The summed E-state index contributed by atoms with van der Waals surface area (Å²) in [4.78, 5) is 58.9. The molecule has 7 amide bonds. The zero-order valence-corrected chi connectivity index (χ0v) is 77.2. The molecule has 0 bridgehead atoms. The highest BCUT2D eigenvalue weighted by Gasteiger charge is 2.33. The molecule has 4 aliphatic heterocycles. The Labute approximate surface area is 771 Å². The minimum absolute atomic E-state index is 0.0575. The molecule has 0 saturated heterocycles. The van der Waals surface area contributed by atoms with Crippen LogP contribution in [0.3, 0.4) is 0 Å². The van der Waals surface area contributed by atoms with E-state index in [1.54, 1.807) is 17.0 Å². The van der Waals surface area contributed by atoms with E-state index in [2.05, 4.69) is 207 Å². The summed E-state index contributed by atoms with van der Waals surface area (Å²) in [6.07, 6.45) is 30.4. The Balaban J connectivity index is 0.000000121. The third-order valence-electron chi connectivity index (χ3n) is 30.2. The Bertz CT molecular complexity index is 5690. The van der Waals surface area contributed by atoms with Crippen molar-refractivity contribution in [2.24, 2.45) is 23.7 Å². The van der Waals surface area contributed by atoms with E-state index in [9.17, 15) is 23.6 Å². The SMILES string of the molecule is CCC1CCC(c2ccc(-c3ccc4c(c3)CCN4C(=O)Nc3cccc(C)c3)cc2)CC1.CCC1CCC(c2ccc(-c3ccc4c(c3)CCN4C(=O)Nc3cccc(F)c3)cc2)CC1.CCC1CCC(c2ccc(-c3ccc4c(c3)CCN4C(=O)Nc3ccccc3C)cc2)CC1.CCC1CCC(c2ccc(-c3ccc4c(c3)CCN4C(=O)c3ccccc3)cc2)CC1. The van der Waals surface area contributed by atoms with E-state index < -0.39 is 0 Å². The molecule has 4 aliphatic carbocycles. The van der Waals surface area contributed by atoms with Gasteiger partial charge in [-0.3, -0.25) is 19.5 Å². The molecule has 12 heteroatoms. The van der Waals surface area contributed by atoms with E-state index in [4.69, 9.17) is 0 Å². The van der Waals surface area contributed by atoms with Crippen molar-refractivity contribution in [1.82, 2.24) is 0 Å². The molecule has 0 spiro atoms. The van der Waals surface area contributed by atoms with Gasteiger partial charge in [0.2, 0.25) is 0 Å². The first-order chi connectivity index (χ1) is 63.5. The molecule has 12 aromatic rings. The highest BCUT2D eigenvalue weighted by Crippen LogP contribution is 2.45. The number of carbonyl (C=O) groups is 4. The number of hydrogen-bond acceptors (Lipinski definition) is 4. The van der Waals surface area contributed by atoms with Crippen LogP contribution in [0.25, 0.3) is 44.5 Å². The van der Waals surface area contributed by atoms with Gasteiger partial charge in [0.15, 0.2) is 0 Å². The molecular formula is C118H130FN7O4. The van der Waals surface area contributed by atoms with Crippen molar-refractivity contribution in [3.05, 3.63) is 340 Å². The van der Waals surface area contributed by atoms with Crippen LogP contribution in [0.4, 0.5) is 58.6 Å². The normalized spacial score (nSPS) is 20.0. The fourth-order valence-electron chi connectivity index (χ4n) is 21.9. The van der Waals surface area contributed by atoms with E-state index >= 15 is 0 Å². The summed E-state index contributed by atoms with van der Waals surface area (Å²) < 4.78 is 13.4. The number of nitrogens with one attached hydrogen (secondary N) is 3. The predicted molar refractivity (Wildman–Crippen MR) is 538 cm³/mol. The van der Waals surface area contributed by atoms with Crippen molar-refractivity contribution in [1.29, 1.82) is 0 Å². The van der Waals surface area contributed by atoms with Gasteiger partial charge in [-0.2, -0.15) is 0 Å². The molecule has 4 saturated carbocycles. The Morgan fingerprint density at radius 1 is 0.292 bits per heavy atom. The standard InChI is InChI=1S/2C30H34N2O.C29H31FN2O.C29H31NO/c1-3-22-7-9-23(10-8-22)24-11-13-25(14-12-24)26-15-16-29-27(20-26)17-18-32(29)30(33)31-28-6-4-5-21(2)19-28;1-3-22-8-10-23(11-9-22)24-12-14-25(15-13-24)26-16-17-29-27(20-26)18-19-32(29)30(33)31-28-7-5-4-6-21(28)2;1-2-20-6-8-21(9-7-20)22-10-12-23(13-11-22)24-14-15-28-25(18-24)16-17-32(28)29(33)31-27-5-3-4-26(30)19-27;1-2-21-8-10-22(11-9-21)23-12-14-24(15-13-23)26-16-17-28-27(20-26)18-19-30(28)29(31)25-6-4-3-5-7-25/h4-6,11-16,19-20,22-23H,3,7-10,17-18H2,1-2H3,(H,31,33);4-7,12-17,20,22-23H,3,8-11,18-19H2,1-2H3,(H,31,33);3-5,10-15,18-21H,2,6-9,16-17H2,1H3,(H,31,33);3-7,12-17,20-22H,2,8-11,18-19H2,1H3. The number of rotatable bonds is 16. The minimum atomic E-state index is -0.362. The van der Waals surface area contributed by atoms with E-state index in [0.29, 0.717) is 18.2 Å². The van der Waals surface area contributed by atoms with Gasteiger partial charge in [-0.15, -0.1) is 0 Å². The molecular weight excluding hydrogens is 1600 g/mol. The fraction of sp³-hybridized carbons (Fsp3) is 0.356. The molecule has 0 atom stereocenters. The van der Waals surface area contributed by atoms with Crippen LogP contribution in [0, 0.1) is 43.3 Å². The van der Waals surface area contributed by atoms with Crippen LogP contribution < -0.4 is 35.6 Å². The second kappa shape index (κ2) is 42.2. The summed E-state index contributed by atoms with van der Waals surface area (Å²) in [5, 5.41) is 8.92. The number of hydrogen-bond donors (Lipinski definition) is 3. The van der Waals surface area contributed by atoms with Crippen molar-refractivity contribution in [2.45, 2.75) is 219 Å². The van der Waals surface area contributed by atoms with Crippen LogP contribution >= 0.6 is 0 Å². The quantitative estimate of drug-likeness (QED) is 0.0893. The number of carbonyl (C=O) groups excluding carboxylic acids is 4. The number of para-hydroxylation sites is 1. The summed E-state index contributed by atoms with van der Waals surface area (Å²) in [5.41, 5.74) is 29.9. The zero-order chi connectivity index (χ0) is 89.6. The number of benzene rings is 12. The third-order valence-corrected chi connectivity index (χ3v) is 30.2. The van der Waals surface area contributed by atoms with E-state index in [1.807, 2.05) is 113 Å². The first kappa shape index (κ1) is 89.8. The molecule has 0 aromatic heterocycles. The maximum atomic E-state index is 13.4. The van der Waals surface area contributed by atoms with Gasteiger partial charge in [-0.05, 0) is 387 Å². The first-order valence-corrected chi connectivity index (χ1v) is 49.0. The van der Waals surface area contributed by atoms with Crippen LogP contribution in [-0.4, -0.2) is 50.2 Å². The van der Waals surface area contributed by atoms with Gasteiger partial charge in [0, 0.05) is 71.6 Å². The number of aryl methyl sites for hydroxylation is 2. The van der Waals surface area contributed by atoms with E-state index in [0.717, 1.165) is 138 Å². The van der Waals surface area contributed by atoms with Gasteiger partial charge in [-0.25, -0.2) is 18.8 Å². The molecule has 12 aromatic carbocycles. The average Bonchev–Trinajstić information content (AvgIpc) is 1.58. The number of halogens is 1. The lowest BCUT2D eigenvalue weighted by molar-refractivity contribution is 0.0989. The topological polar surface area (TPSA) is 117 Å². The minimum Gasteiger partial charge on any atom is -0.308 e. The van der Waals surface area contributed by atoms with Gasteiger partial charge in [0.05, 0.1) is 0 Å². The fourth-order valence-corrected chi connectivity index (χ4v) is 21.9. The molecule has 0 unspecified atom stereocenters. The molecule has 20 rings (SSSR count). The number of anilines is 7. The number of amides is 7. The highest BCUT2D eigenvalue weighted by molar-refractivity contribution is 6.08. The lowest BCUT2D eigenvalue weighted by Crippen LogP contribution is -2.33. The van der Waals surface area contributed by atoms with Crippen molar-refractivity contribution >= 4 is 63.8 Å². The smallest absolute Gasteiger partial charge is 0.308 e. The Morgan fingerprint density at radius 3 is 0.923 bits per heavy atom. The second-order valence-electron chi connectivity index (χ2n) is 38.1. The molecule has 0 radical (unpaired) electrons. The second-order valence-corrected chi connectivity index (χ2v) is 38.1. The highest BCUT2D eigenvalue weighted by atomic mass is 19.1. The molecule has 668 valence electrons. The maximum absolute atomic E-state index is 13.4. The van der Waals surface area contributed by atoms with E-state index in [1.165, 1.54) is 230 Å². The molecule has 4 heterocycles. The average molecular weight is 1730 g/mol. The van der Waals surface area contributed by atoms with Gasteiger partial charge < -0.3 is 20.9 Å². The third kappa shape index (κ3) is 21.5. The molecule has 4 fully saturated rings. The van der Waals surface area contributed by atoms with Gasteiger partial charge >= 0.3 is 18.1 Å². The van der Waals surface area contributed by atoms with Crippen molar-refractivity contribution in [3.63, 3.8) is 0 Å². The lowest BCUT2D eigenvalue weighted by atomic mass is 9.77. The summed E-state index contributed by atoms with van der Waals surface area (Å²) in [6, 6.07) is 93.8. The predicted octanol–water partition coefficient (Wildman–Crippen LogP) is 30.9. The van der Waals surface area contributed by atoms with Crippen LogP contribution in [0.2, 0.25) is 0 Å². The van der Waals surface area contributed by atoms with Crippen LogP contribution in [0.1, 0.15) is 246 Å². The Hall–Kier alpha value is -12.2. The van der Waals surface area contributed by atoms with Crippen molar-refractivity contribution in [2.75, 3.05) is 61.7 Å². The first-order valence-electron chi connectivity index (χ1n) is 49.0. The maximum Gasteiger partial charge on any atom is 0.326 e. The van der Waals surface area contributed by atoms with Gasteiger partial charge in [0.25, 0.3) is 5.91 Å². The van der Waals surface area contributed by atoms with Gasteiger partial charge in [0.1, 0.15) is 5.82 Å². The van der Waals surface area contributed by atoms with Crippen molar-refractivity contribution in [3.8, 4) is 44.5 Å². The largest absolute Gasteiger partial charge is 0.326 e. The molecule has 130 heavy (non-hydrogen) atoms. The van der Waals surface area contributed by atoms with Crippen LogP contribution in [0.15, 0.2) is 273 Å². The monoisotopic (exact) mass is 1730 g/mol. The molecule has 11 nitrogen and oxygen atoms in total. The Kier molecular flexibility index (Phi) is 29.1. The van der Waals surface area contributed by atoms with Crippen LogP contribution in [-0.2, 0) is 25.7 Å². The molecule has 3 N–H and O–H groups in total. The summed E-state index contributed by atoms with van der Waals surface area (Å²) in [7, 11) is 0. The zero-order valence-electron chi connectivity index (χ0n) is 77.2. The van der Waals surface area contributed by atoms with E-state index in [-0.39, 0.29) is 29.8 Å². The van der Waals surface area contributed by atoms with Gasteiger partial charge in [-0.1, -0.05) is 229 Å². The lowest BCUT2D eigenvalue weighted by Gasteiger charge is -2.28. The summed E-state index contributed by atoms with van der Waals surface area (Å²) in [6.45, 7) is 16.2. The number of fused-ring (bicyclic) bond motifs is 4. The molecule has 8 aliphatic rings. The Morgan fingerprint density at radius 2 is 0.592 bits per heavy atom. The van der Waals surface area contributed by atoms with Crippen LogP contribution in [0.5, 0.6) is 0 Å². The van der Waals surface area contributed by atoms with Crippen molar-refractivity contribution < 1.29 is 23.6 Å². The number of urea groups is 3. The summed E-state index contributed by atoms with van der Waals surface area (Å²) >= 11 is 0.